The maximum absolute atomic E-state index is 13.5. The van der Waals surface area contributed by atoms with Crippen LogP contribution in [0.15, 0.2) is 113 Å². The fourth-order valence-corrected chi connectivity index (χ4v) is 5.03. The Bertz CT molecular complexity index is 1590. The lowest BCUT2D eigenvalue weighted by Crippen LogP contribution is -2.39. The minimum Gasteiger partial charge on any atom is -0.497 e. The summed E-state index contributed by atoms with van der Waals surface area (Å²) < 4.78 is 38.4. The lowest BCUT2D eigenvalue weighted by atomic mass is 10.2. The van der Waals surface area contributed by atoms with Crippen LogP contribution in [0.1, 0.15) is 21.5 Å². The normalized spacial score (nSPS) is 11.2. The van der Waals surface area contributed by atoms with Gasteiger partial charge in [-0.2, -0.15) is 5.10 Å². The maximum atomic E-state index is 13.5. The van der Waals surface area contributed by atoms with E-state index in [0.29, 0.717) is 28.3 Å². The van der Waals surface area contributed by atoms with Crippen LogP contribution in [0.25, 0.3) is 0 Å². The van der Waals surface area contributed by atoms with Gasteiger partial charge in [0.25, 0.3) is 15.9 Å². The third-order valence-electron chi connectivity index (χ3n) is 5.76. The van der Waals surface area contributed by atoms with Crippen molar-refractivity contribution in [1.29, 1.82) is 0 Å². The lowest BCUT2D eigenvalue weighted by molar-refractivity contribution is -0.119. The van der Waals surface area contributed by atoms with Crippen molar-refractivity contribution in [2.75, 3.05) is 18.0 Å². The Hall–Kier alpha value is -4.96. The van der Waals surface area contributed by atoms with E-state index in [9.17, 15) is 18.0 Å². The number of nitrogens with one attached hydrogen (secondary N) is 1. The molecule has 0 aliphatic carbocycles. The quantitative estimate of drug-likeness (QED) is 0.132. The molecule has 0 heterocycles. The molecule has 0 aliphatic rings. The van der Waals surface area contributed by atoms with Crippen molar-refractivity contribution in [3.05, 3.63) is 120 Å². The van der Waals surface area contributed by atoms with Gasteiger partial charge < -0.3 is 9.47 Å². The number of methoxy groups -OCH3 is 1. The van der Waals surface area contributed by atoms with Crippen LogP contribution in [0.2, 0.25) is 0 Å². The largest absolute Gasteiger partial charge is 0.497 e. The van der Waals surface area contributed by atoms with Crippen molar-refractivity contribution in [2.45, 2.75) is 11.8 Å². The number of hydrazone groups is 1. The van der Waals surface area contributed by atoms with Gasteiger partial charge in [-0.3, -0.25) is 9.10 Å². The minimum absolute atomic E-state index is 0.0123. The first kappa shape index (κ1) is 28.1. The van der Waals surface area contributed by atoms with Crippen molar-refractivity contribution in [2.24, 2.45) is 5.10 Å². The Morgan fingerprint density at radius 3 is 2.10 bits per heavy atom. The number of esters is 1. The summed E-state index contributed by atoms with van der Waals surface area (Å²) in [6.45, 7) is 1.39. The van der Waals surface area contributed by atoms with Crippen LogP contribution in [0, 0.1) is 6.92 Å². The van der Waals surface area contributed by atoms with Crippen molar-refractivity contribution < 1.29 is 27.5 Å². The highest BCUT2D eigenvalue weighted by Crippen LogP contribution is 2.25. The van der Waals surface area contributed by atoms with Gasteiger partial charge in [-0.25, -0.2) is 18.6 Å². The first-order valence-corrected chi connectivity index (χ1v) is 13.6. The first-order valence-electron chi connectivity index (χ1n) is 12.2. The molecule has 0 saturated carbocycles. The number of benzene rings is 4. The Morgan fingerprint density at radius 2 is 1.48 bits per heavy atom. The van der Waals surface area contributed by atoms with Crippen LogP contribution < -0.4 is 19.2 Å². The Morgan fingerprint density at radius 1 is 0.850 bits per heavy atom. The summed E-state index contributed by atoms with van der Waals surface area (Å²) in [7, 11) is -2.59. The van der Waals surface area contributed by atoms with Gasteiger partial charge in [-0.05, 0) is 85.3 Å². The van der Waals surface area contributed by atoms with E-state index in [4.69, 9.17) is 9.47 Å². The Kier molecular flexibility index (Phi) is 8.93. The molecule has 10 heteroatoms. The zero-order chi connectivity index (χ0) is 28.5. The number of hydrogen-bond donors (Lipinski definition) is 1. The fraction of sp³-hybridized carbons (Fsp3) is 0.100. The molecule has 4 aromatic carbocycles. The van der Waals surface area contributed by atoms with Crippen LogP contribution in [0.4, 0.5) is 5.69 Å². The molecule has 0 atom stereocenters. The third kappa shape index (κ3) is 7.12. The molecule has 40 heavy (non-hydrogen) atoms. The average Bonchev–Trinajstić information content (AvgIpc) is 2.98. The molecule has 0 aromatic heterocycles. The van der Waals surface area contributed by atoms with Gasteiger partial charge >= 0.3 is 5.97 Å². The van der Waals surface area contributed by atoms with Crippen LogP contribution in [0.5, 0.6) is 11.5 Å². The second kappa shape index (κ2) is 12.7. The molecule has 0 spiro atoms. The molecule has 4 aromatic rings. The molecule has 0 aliphatic heterocycles. The van der Waals surface area contributed by atoms with E-state index >= 15 is 0 Å². The van der Waals surface area contributed by atoms with E-state index in [1.807, 2.05) is 13.0 Å². The standard InChI is InChI=1S/C30H27N3O6S/c1-22-8-12-25(13-9-22)33(40(36,37)28-18-16-26(38-2)17-19-28)21-29(34)32-31-20-23-10-14-27(15-11-23)39-30(35)24-6-4-3-5-7-24/h3-20H,21H2,1-2H3,(H,32,34)/b31-20-. The number of hydrogen-bond acceptors (Lipinski definition) is 7. The summed E-state index contributed by atoms with van der Waals surface area (Å²) in [6, 6.07) is 27.9. The predicted molar refractivity (Wildman–Crippen MR) is 152 cm³/mol. The maximum Gasteiger partial charge on any atom is 0.343 e. The fourth-order valence-electron chi connectivity index (χ4n) is 3.61. The summed E-state index contributed by atoms with van der Waals surface area (Å²) in [5.74, 6) is -0.248. The summed E-state index contributed by atoms with van der Waals surface area (Å²) in [5.41, 5.74) is 4.71. The molecule has 1 amide bonds. The molecule has 0 bridgehead atoms. The smallest absolute Gasteiger partial charge is 0.343 e. The Balaban J connectivity index is 1.43. The van der Waals surface area contributed by atoms with E-state index in [-0.39, 0.29) is 4.90 Å². The SMILES string of the molecule is COc1ccc(S(=O)(=O)N(CC(=O)N/N=C\c2ccc(OC(=O)c3ccccc3)cc2)c2ccc(C)cc2)cc1. The molecule has 4 rings (SSSR count). The zero-order valence-electron chi connectivity index (χ0n) is 21.9. The number of carbonyl (C=O) groups excluding carboxylic acids is 2. The van der Waals surface area contributed by atoms with E-state index in [2.05, 4.69) is 10.5 Å². The number of sulfonamides is 1. The van der Waals surface area contributed by atoms with Crippen molar-refractivity contribution in [3.63, 3.8) is 0 Å². The molecule has 1 N–H and O–H groups in total. The van der Waals surface area contributed by atoms with Crippen molar-refractivity contribution in [3.8, 4) is 11.5 Å². The monoisotopic (exact) mass is 557 g/mol. The highest BCUT2D eigenvalue weighted by molar-refractivity contribution is 7.92. The molecule has 0 saturated heterocycles. The highest BCUT2D eigenvalue weighted by atomic mass is 32.2. The van der Waals surface area contributed by atoms with Gasteiger partial charge in [0.05, 0.1) is 29.5 Å². The topological polar surface area (TPSA) is 114 Å². The summed E-state index contributed by atoms with van der Waals surface area (Å²) in [4.78, 5) is 25.0. The molecular weight excluding hydrogens is 530 g/mol. The number of ether oxygens (including phenoxy) is 2. The first-order chi connectivity index (χ1) is 19.3. The number of anilines is 1. The number of amides is 1. The van der Waals surface area contributed by atoms with Gasteiger partial charge in [0.15, 0.2) is 0 Å². The second-order valence-electron chi connectivity index (χ2n) is 8.64. The molecule has 9 nitrogen and oxygen atoms in total. The van der Waals surface area contributed by atoms with E-state index in [1.165, 1.54) is 25.5 Å². The zero-order valence-corrected chi connectivity index (χ0v) is 22.7. The summed E-state index contributed by atoms with van der Waals surface area (Å²) in [6.07, 6.45) is 1.40. The second-order valence-corrected chi connectivity index (χ2v) is 10.5. The number of rotatable bonds is 10. The summed E-state index contributed by atoms with van der Waals surface area (Å²) >= 11 is 0. The lowest BCUT2D eigenvalue weighted by Gasteiger charge is -2.24. The van der Waals surface area contributed by atoms with Crippen LogP contribution >= 0.6 is 0 Å². The predicted octanol–water partition coefficient (Wildman–Crippen LogP) is 4.57. The Labute approximate surface area is 232 Å². The van der Waals surface area contributed by atoms with Crippen LogP contribution in [-0.2, 0) is 14.8 Å². The molecular formula is C30H27N3O6S. The number of nitrogens with zero attached hydrogens (tertiary/aromatic N) is 2. The van der Waals surface area contributed by atoms with Gasteiger partial charge in [-0.15, -0.1) is 0 Å². The number of aryl methyl sites for hydroxylation is 1. The van der Waals surface area contributed by atoms with Crippen molar-refractivity contribution in [1.82, 2.24) is 5.43 Å². The van der Waals surface area contributed by atoms with Crippen LogP contribution in [-0.4, -0.2) is 40.2 Å². The molecule has 0 fully saturated rings. The van der Waals surface area contributed by atoms with E-state index < -0.39 is 28.4 Å². The van der Waals surface area contributed by atoms with Gasteiger partial charge in [0, 0.05) is 0 Å². The molecule has 204 valence electrons. The number of carbonyl (C=O) groups is 2. The average molecular weight is 558 g/mol. The van der Waals surface area contributed by atoms with Crippen LogP contribution in [0.3, 0.4) is 0 Å². The van der Waals surface area contributed by atoms with E-state index in [1.54, 1.807) is 84.9 Å². The molecule has 0 radical (unpaired) electrons. The van der Waals surface area contributed by atoms with Gasteiger partial charge in [0.2, 0.25) is 0 Å². The summed E-state index contributed by atoms with van der Waals surface area (Å²) in [5, 5.41) is 3.95. The van der Waals surface area contributed by atoms with Gasteiger partial charge in [-0.1, -0.05) is 35.9 Å². The minimum atomic E-state index is -4.08. The third-order valence-corrected chi connectivity index (χ3v) is 7.55. The van der Waals surface area contributed by atoms with E-state index in [0.717, 1.165) is 9.87 Å². The molecule has 0 unspecified atom stereocenters. The van der Waals surface area contributed by atoms with Gasteiger partial charge in [0.1, 0.15) is 18.0 Å². The van der Waals surface area contributed by atoms with Crippen molar-refractivity contribution >= 4 is 33.8 Å². The highest BCUT2D eigenvalue weighted by Gasteiger charge is 2.27.